The van der Waals surface area contributed by atoms with Gasteiger partial charge in [-0.2, -0.15) is 0 Å². The normalized spacial score (nSPS) is 16.7. The first kappa shape index (κ1) is 15.6. The number of carbonyl (C=O) groups is 2. The van der Waals surface area contributed by atoms with Crippen LogP contribution in [0, 0.1) is 0 Å². The van der Waals surface area contributed by atoms with Gasteiger partial charge in [-0.15, -0.1) is 0 Å². The van der Waals surface area contributed by atoms with Crippen molar-refractivity contribution in [1.29, 1.82) is 0 Å². The fraction of sp³-hybridized carbons (Fsp3) is 0.176. The van der Waals surface area contributed by atoms with Crippen molar-refractivity contribution in [3.05, 3.63) is 58.6 Å². The maximum atomic E-state index is 12.8. The minimum atomic E-state index is -0.947. The largest absolute Gasteiger partial charge is 0.481 e. The lowest BCUT2D eigenvalue weighted by Crippen LogP contribution is -2.42. The standard InChI is InChI=1S/C17H14BrNO4/c18-12-7-4-8-13-16(12)23-15(11-5-2-1-3-6-11)17(22)19(13)10-9-14(20)21/h1-8,15H,9-10H2,(H,20,21)/t15-/m0/s1. The van der Waals surface area contributed by atoms with Gasteiger partial charge in [0.15, 0.2) is 5.75 Å². The number of para-hydroxylation sites is 1. The van der Waals surface area contributed by atoms with Crippen LogP contribution in [0.4, 0.5) is 5.69 Å². The zero-order valence-electron chi connectivity index (χ0n) is 12.1. The number of carboxylic acid groups (broad SMARTS) is 1. The van der Waals surface area contributed by atoms with Crippen LogP contribution in [0.2, 0.25) is 0 Å². The maximum absolute atomic E-state index is 12.8. The molecule has 2 aromatic rings. The predicted octanol–water partition coefficient (Wildman–Crippen LogP) is 3.39. The molecule has 0 saturated carbocycles. The highest BCUT2D eigenvalue weighted by Gasteiger charge is 2.36. The van der Waals surface area contributed by atoms with Crippen LogP contribution in [0.1, 0.15) is 18.1 Å². The van der Waals surface area contributed by atoms with Gasteiger partial charge in [0, 0.05) is 12.1 Å². The minimum Gasteiger partial charge on any atom is -0.481 e. The highest BCUT2D eigenvalue weighted by Crippen LogP contribution is 2.43. The summed E-state index contributed by atoms with van der Waals surface area (Å²) in [7, 11) is 0. The van der Waals surface area contributed by atoms with Crippen molar-refractivity contribution in [3.63, 3.8) is 0 Å². The van der Waals surface area contributed by atoms with E-state index in [9.17, 15) is 9.59 Å². The molecule has 0 aliphatic carbocycles. The zero-order valence-corrected chi connectivity index (χ0v) is 13.7. The monoisotopic (exact) mass is 375 g/mol. The number of hydrogen-bond donors (Lipinski definition) is 1. The lowest BCUT2D eigenvalue weighted by Gasteiger charge is -2.34. The van der Waals surface area contributed by atoms with Crippen LogP contribution in [-0.4, -0.2) is 23.5 Å². The Hall–Kier alpha value is -2.34. The first-order valence-corrected chi connectivity index (χ1v) is 7.90. The number of ether oxygens (including phenoxy) is 1. The van der Waals surface area contributed by atoms with Crippen LogP contribution >= 0.6 is 15.9 Å². The third-order valence-corrected chi connectivity index (χ3v) is 4.24. The van der Waals surface area contributed by atoms with E-state index in [1.54, 1.807) is 12.1 Å². The molecule has 3 rings (SSSR count). The third kappa shape index (κ3) is 3.07. The summed E-state index contributed by atoms with van der Waals surface area (Å²) in [5, 5.41) is 8.94. The predicted molar refractivity (Wildman–Crippen MR) is 88.6 cm³/mol. The first-order chi connectivity index (χ1) is 11.1. The molecule has 0 fully saturated rings. The van der Waals surface area contributed by atoms with Crippen LogP contribution < -0.4 is 9.64 Å². The molecule has 5 nitrogen and oxygen atoms in total. The van der Waals surface area contributed by atoms with E-state index in [1.807, 2.05) is 36.4 Å². The van der Waals surface area contributed by atoms with E-state index in [4.69, 9.17) is 9.84 Å². The molecule has 118 valence electrons. The lowest BCUT2D eigenvalue weighted by atomic mass is 10.1. The number of anilines is 1. The van der Waals surface area contributed by atoms with E-state index in [-0.39, 0.29) is 18.9 Å². The lowest BCUT2D eigenvalue weighted by molar-refractivity contribution is -0.136. The SMILES string of the molecule is O=C(O)CCN1C(=O)[C@H](c2ccccc2)Oc2c(Br)cccc21. The summed E-state index contributed by atoms with van der Waals surface area (Å²) in [5.74, 6) is -0.661. The van der Waals surface area contributed by atoms with Gasteiger partial charge in [0.1, 0.15) is 0 Å². The van der Waals surface area contributed by atoms with Crippen molar-refractivity contribution in [2.24, 2.45) is 0 Å². The summed E-state index contributed by atoms with van der Waals surface area (Å²) in [6.07, 6.45) is -0.907. The molecule has 1 aliphatic heterocycles. The van der Waals surface area contributed by atoms with Gasteiger partial charge in [-0.3, -0.25) is 9.59 Å². The summed E-state index contributed by atoms with van der Waals surface area (Å²) < 4.78 is 6.64. The Kier molecular flexibility index (Phi) is 4.34. The van der Waals surface area contributed by atoms with Crippen LogP contribution in [0.25, 0.3) is 0 Å². The van der Waals surface area contributed by atoms with Crippen LogP contribution in [-0.2, 0) is 9.59 Å². The molecule has 6 heteroatoms. The van der Waals surface area contributed by atoms with Crippen LogP contribution in [0.15, 0.2) is 53.0 Å². The molecule has 0 unspecified atom stereocenters. The third-order valence-electron chi connectivity index (χ3n) is 3.61. The van der Waals surface area contributed by atoms with Gasteiger partial charge in [-0.25, -0.2) is 0 Å². The molecule has 1 N–H and O–H groups in total. The Morgan fingerprint density at radius 2 is 1.91 bits per heavy atom. The number of halogens is 1. The number of fused-ring (bicyclic) bond motifs is 1. The van der Waals surface area contributed by atoms with Crippen LogP contribution in [0.3, 0.4) is 0 Å². The Labute approximate surface area is 141 Å². The highest BCUT2D eigenvalue weighted by atomic mass is 79.9. The molecule has 0 radical (unpaired) electrons. The minimum absolute atomic E-state index is 0.102. The van der Waals surface area contributed by atoms with Gasteiger partial charge in [0.05, 0.1) is 16.6 Å². The molecule has 1 aliphatic rings. The summed E-state index contributed by atoms with van der Waals surface area (Å²) in [5.41, 5.74) is 1.32. The Morgan fingerprint density at radius 1 is 1.17 bits per heavy atom. The van der Waals surface area contributed by atoms with E-state index in [0.29, 0.717) is 11.4 Å². The Balaban J connectivity index is 2.02. The molecular weight excluding hydrogens is 362 g/mol. The number of nitrogens with zero attached hydrogens (tertiary/aromatic N) is 1. The molecule has 23 heavy (non-hydrogen) atoms. The first-order valence-electron chi connectivity index (χ1n) is 7.11. The summed E-state index contributed by atoms with van der Waals surface area (Å²) in [6, 6.07) is 14.5. The fourth-order valence-electron chi connectivity index (χ4n) is 2.53. The topological polar surface area (TPSA) is 66.8 Å². The maximum Gasteiger partial charge on any atom is 0.305 e. The summed E-state index contributed by atoms with van der Waals surface area (Å²) in [4.78, 5) is 25.2. The van der Waals surface area contributed by atoms with Crippen molar-refractivity contribution < 1.29 is 19.4 Å². The van der Waals surface area contributed by atoms with Crippen molar-refractivity contribution in [3.8, 4) is 5.75 Å². The number of carbonyl (C=O) groups excluding carboxylic acids is 1. The van der Waals surface area contributed by atoms with Gasteiger partial charge in [0.2, 0.25) is 6.10 Å². The number of carboxylic acids is 1. The van der Waals surface area contributed by atoms with Gasteiger partial charge in [0.25, 0.3) is 5.91 Å². The van der Waals surface area contributed by atoms with E-state index < -0.39 is 12.1 Å². The van der Waals surface area contributed by atoms with E-state index >= 15 is 0 Å². The molecular formula is C17H14BrNO4. The Morgan fingerprint density at radius 3 is 2.61 bits per heavy atom. The Bertz CT molecular complexity index is 748. The van der Waals surface area contributed by atoms with E-state index in [0.717, 1.165) is 10.0 Å². The van der Waals surface area contributed by atoms with E-state index in [2.05, 4.69) is 15.9 Å². The summed E-state index contributed by atoms with van der Waals surface area (Å²) in [6.45, 7) is 0.102. The molecule has 2 aromatic carbocycles. The summed E-state index contributed by atoms with van der Waals surface area (Å²) >= 11 is 3.43. The van der Waals surface area contributed by atoms with Gasteiger partial charge >= 0.3 is 5.97 Å². The fourth-order valence-corrected chi connectivity index (χ4v) is 2.98. The van der Waals surface area contributed by atoms with Crippen molar-refractivity contribution in [2.45, 2.75) is 12.5 Å². The number of amides is 1. The van der Waals surface area contributed by atoms with Crippen molar-refractivity contribution >= 4 is 33.5 Å². The second kappa shape index (κ2) is 6.42. The molecule has 0 spiro atoms. The highest BCUT2D eigenvalue weighted by molar-refractivity contribution is 9.10. The number of rotatable bonds is 4. The molecule has 1 amide bonds. The average molecular weight is 376 g/mol. The molecule has 1 heterocycles. The molecule has 0 saturated heterocycles. The number of benzene rings is 2. The smallest absolute Gasteiger partial charge is 0.305 e. The zero-order chi connectivity index (χ0) is 16.4. The second-order valence-corrected chi connectivity index (χ2v) is 5.98. The van der Waals surface area contributed by atoms with Gasteiger partial charge in [-0.1, -0.05) is 36.4 Å². The van der Waals surface area contributed by atoms with Crippen LogP contribution in [0.5, 0.6) is 5.75 Å². The molecule has 1 atom stereocenters. The van der Waals surface area contributed by atoms with Crippen molar-refractivity contribution in [1.82, 2.24) is 0 Å². The number of hydrogen-bond acceptors (Lipinski definition) is 3. The number of aliphatic carboxylic acids is 1. The molecule has 0 aromatic heterocycles. The van der Waals surface area contributed by atoms with E-state index in [1.165, 1.54) is 4.90 Å². The second-order valence-electron chi connectivity index (χ2n) is 5.13. The van der Waals surface area contributed by atoms with Gasteiger partial charge in [-0.05, 0) is 28.1 Å². The average Bonchev–Trinajstić information content (AvgIpc) is 2.54. The van der Waals surface area contributed by atoms with Gasteiger partial charge < -0.3 is 14.7 Å². The van der Waals surface area contributed by atoms with Crippen molar-refractivity contribution in [2.75, 3.05) is 11.4 Å². The quantitative estimate of drug-likeness (QED) is 0.889. The molecule has 0 bridgehead atoms.